The van der Waals surface area contributed by atoms with Crippen molar-refractivity contribution in [3.63, 3.8) is 0 Å². The molecule has 2 amide bonds. The zero-order valence-electron chi connectivity index (χ0n) is 26.7. The fourth-order valence-electron chi connectivity index (χ4n) is 6.01. The summed E-state index contributed by atoms with van der Waals surface area (Å²) in [7, 11) is 0. The number of hydrogen-bond acceptors (Lipinski definition) is 9. The molecule has 3 aliphatic rings. The first kappa shape index (κ1) is 31.8. The van der Waals surface area contributed by atoms with E-state index < -0.39 is 23.8 Å². The van der Waals surface area contributed by atoms with E-state index in [1.807, 2.05) is 12.1 Å². The number of carbonyl (C=O) groups is 2. The summed E-state index contributed by atoms with van der Waals surface area (Å²) in [5.74, 6) is 1.26. The zero-order chi connectivity index (χ0) is 31.6. The van der Waals surface area contributed by atoms with E-state index in [0.717, 1.165) is 56.0 Å². The molecule has 0 spiro atoms. The second kappa shape index (κ2) is 13.2. The topological polar surface area (TPSA) is 130 Å². The van der Waals surface area contributed by atoms with Gasteiger partial charge in [0.1, 0.15) is 23.0 Å². The van der Waals surface area contributed by atoms with E-state index in [9.17, 15) is 19.8 Å². The second-order valence-electron chi connectivity index (χ2n) is 13.6. The molecule has 1 saturated carbocycles. The van der Waals surface area contributed by atoms with E-state index >= 15 is 0 Å². The number of aliphatic hydroxyl groups excluding tert-OH is 1. The summed E-state index contributed by atoms with van der Waals surface area (Å²) in [5.41, 5.74) is 1.49. The molecule has 2 aliphatic heterocycles. The SMILES string of the molecule is CC(C)N1CCN(c2cc(C(=O)NC[C@@H](O)[C@@H]3Cc4ccc(O)cc4CN3C(=O)OC(C)(C)C)cc(NC3CCC3)n2)CC1. The Kier molecular flexibility index (Phi) is 9.55. The minimum atomic E-state index is -1.05. The van der Waals surface area contributed by atoms with Gasteiger partial charge in [0.05, 0.1) is 12.1 Å². The number of piperazine rings is 1. The lowest BCUT2D eigenvalue weighted by Gasteiger charge is -2.40. The number of nitrogens with one attached hydrogen (secondary N) is 2. The summed E-state index contributed by atoms with van der Waals surface area (Å²) in [4.78, 5) is 37.8. The highest BCUT2D eigenvalue weighted by atomic mass is 16.6. The summed E-state index contributed by atoms with van der Waals surface area (Å²) in [6.45, 7) is 13.5. The van der Waals surface area contributed by atoms with Crippen LogP contribution in [0, 0.1) is 0 Å². The Hall–Kier alpha value is -3.57. The molecule has 44 heavy (non-hydrogen) atoms. The molecule has 2 fully saturated rings. The largest absolute Gasteiger partial charge is 0.508 e. The van der Waals surface area contributed by atoms with Crippen LogP contribution >= 0.6 is 0 Å². The van der Waals surface area contributed by atoms with Crippen molar-refractivity contribution in [3.8, 4) is 5.75 Å². The second-order valence-corrected chi connectivity index (χ2v) is 13.6. The number of pyridine rings is 1. The average molecular weight is 609 g/mol. The van der Waals surface area contributed by atoms with Gasteiger partial charge in [-0.25, -0.2) is 9.78 Å². The van der Waals surface area contributed by atoms with Crippen LogP contribution in [0.15, 0.2) is 30.3 Å². The zero-order valence-corrected chi connectivity index (χ0v) is 26.7. The Morgan fingerprint density at radius 3 is 2.43 bits per heavy atom. The molecule has 4 N–H and O–H groups in total. The standard InChI is InChI=1S/C33H48N6O5/c1-21(2)37-11-13-38(14-12-37)30-18-23(17-29(36-30)35-25-7-6-8-25)31(42)34-19-28(41)27-16-22-9-10-26(40)15-24(22)20-39(27)32(43)44-33(3,4)5/h9-10,15,17-18,21,25,27-28,40-41H,6-8,11-14,16,19-20H2,1-5H3,(H,34,42)(H,35,36)/t27-,28+/m0/s1. The Morgan fingerprint density at radius 2 is 1.80 bits per heavy atom. The highest BCUT2D eigenvalue weighted by Gasteiger charge is 2.37. The molecule has 1 saturated heterocycles. The van der Waals surface area contributed by atoms with E-state index in [4.69, 9.17) is 9.72 Å². The van der Waals surface area contributed by atoms with Crippen LogP contribution in [0.4, 0.5) is 16.4 Å². The quantitative estimate of drug-likeness (QED) is 0.354. The minimum Gasteiger partial charge on any atom is -0.508 e. The summed E-state index contributed by atoms with van der Waals surface area (Å²) < 4.78 is 5.65. The molecule has 240 valence electrons. The molecule has 1 aromatic carbocycles. The molecule has 5 rings (SSSR count). The maximum Gasteiger partial charge on any atom is 0.410 e. The van der Waals surface area contributed by atoms with E-state index in [2.05, 4.69) is 34.3 Å². The maximum atomic E-state index is 13.5. The van der Waals surface area contributed by atoms with Gasteiger partial charge >= 0.3 is 6.09 Å². The van der Waals surface area contributed by atoms with Crippen LogP contribution in [0.3, 0.4) is 0 Å². The van der Waals surface area contributed by atoms with Crippen LogP contribution in [0.5, 0.6) is 5.75 Å². The van der Waals surface area contributed by atoms with Gasteiger partial charge in [0.25, 0.3) is 5.91 Å². The summed E-state index contributed by atoms with van der Waals surface area (Å²) in [6.07, 6.45) is 2.13. The highest BCUT2D eigenvalue weighted by molar-refractivity contribution is 5.95. The number of aromatic nitrogens is 1. The molecule has 1 aliphatic carbocycles. The molecular formula is C33H48N6O5. The van der Waals surface area contributed by atoms with E-state index in [-0.39, 0.29) is 24.7 Å². The number of aliphatic hydroxyl groups is 1. The summed E-state index contributed by atoms with van der Waals surface area (Å²) >= 11 is 0. The fraction of sp³-hybridized carbons (Fsp3) is 0.606. The van der Waals surface area contributed by atoms with E-state index in [0.29, 0.717) is 29.9 Å². The predicted molar refractivity (Wildman–Crippen MR) is 170 cm³/mol. The summed E-state index contributed by atoms with van der Waals surface area (Å²) in [5, 5.41) is 27.8. The minimum absolute atomic E-state index is 0.0493. The van der Waals surface area contributed by atoms with Gasteiger partial charge in [-0.2, -0.15) is 0 Å². The van der Waals surface area contributed by atoms with Crippen LogP contribution in [-0.2, 0) is 17.7 Å². The third-order valence-corrected chi connectivity index (χ3v) is 8.80. The number of benzene rings is 1. The van der Waals surface area contributed by atoms with E-state index in [1.54, 1.807) is 39.0 Å². The Labute approximate surface area is 260 Å². The molecule has 11 heteroatoms. The molecule has 3 heterocycles. The predicted octanol–water partition coefficient (Wildman–Crippen LogP) is 3.73. The smallest absolute Gasteiger partial charge is 0.410 e. The van der Waals surface area contributed by atoms with Gasteiger partial charge in [0.2, 0.25) is 0 Å². The van der Waals surface area contributed by atoms with Gasteiger partial charge < -0.3 is 30.5 Å². The Morgan fingerprint density at radius 1 is 1.07 bits per heavy atom. The van der Waals surface area contributed by atoms with Crippen molar-refractivity contribution in [2.45, 2.75) is 96.7 Å². The van der Waals surface area contributed by atoms with Crippen molar-refractivity contribution in [1.82, 2.24) is 20.1 Å². The molecule has 0 unspecified atom stereocenters. The Bertz CT molecular complexity index is 1330. The number of carbonyl (C=O) groups excluding carboxylic acids is 2. The molecule has 2 aromatic rings. The normalized spacial score (nSPS) is 20.1. The van der Waals surface area contributed by atoms with Crippen molar-refractivity contribution in [2.75, 3.05) is 42.9 Å². The number of ether oxygens (including phenoxy) is 1. The number of aromatic hydroxyl groups is 1. The van der Waals surface area contributed by atoms with Gasteiger partial charge in [0.15, 0.2) is 0 Å². The van der Waals surface area contributed by atoms with Crippen LogP contribution in [-0.4, -0.2) is 99.6 Å². The molecule has 0 bridgehead atoms. The monoisotopic (exact) mass is 608 g/mol. The van der Waals surface area contributed by atoms with Crippen LogP contribution in [0.25, 0.3) is 0 Å². The summed E-state index contributed by atoms with van der Waals surface area (Å²) in [6, 6.07) is 8.89. The van der Waals surface area contributed by atoms with Crippen molar-refractivity contribution in [2.24, 2.45) is 0 Å². The first-order valence-corrected chi connectivity index (χ1v) is 15.9. The third-order valence-electron chi connectivity index (χ3n) is 8.80. The van der Waals surface area contributed by atoms with Crippen molar-refractivity contribution in [3.05, 3.63) is 47.0 Å². The number of fused-ring (bicyclic) bond motifs is 1. The number of rotatable bonds is 8. The van der Waals surface area contributed by atoms with Crippen molar-refractivity contribution in [1.29, 1.82) is 0 Å². The van der Waals surface area contributed by atoms with Crippen molar-refractivity contribution >= 4 is 23.6 Å². The highest BCUT2D eigenvalue weighted by Crippen LogP contribution is 2.30. The average Bonchev–Trinajstić information content (AvgIpc) is 2.95. The number of hydrogen-bond donors (Lipinski definition) is 4. The molecule has 2 atom stereocenters. The van der Waals surface area contributed by atoms with Gasteiger partial charge in [-0.3, -0.25) is 14.6 Å². The number of anilines is 2. The van der Waals surface area contributed by atoms with Gasteiger partial charge in [0, 0.05) is 56.9 Å². The lowest BCUT2D eigenvalue weighted by Crippen LogP contribution is -2.54. The lowest BCUT2D eigenvalue weighted by atomic mass is 9.91. The van der Waals surface area contributed by atoms with Crippen molar-refractivity contribution < 1.29 is 24.5 Å². The molecule has 11 nitrogen and oxygen atoms in total. The molecular weight excluding hydrogens is 560 g/mol. The number of phenols is 1. The van der Waals surface area contributed by atoms with Crippen LogP contribution in [0.1, 0.15) is 75.4 Å². The number of nitrogens with zero attached hydrogens (tertiary/aromatic N) is 4. The van der Waals surface area contributed by atoms with Crippen LogP contribution in [0.2, 0.25) is 0 Å². The van der Waals surface area contributed by atoms with Gasteiger partial charge in [-0.15, -0.1) is 0 Å². The first-order valence-electron chi connectivity index (χ1n) is 15.9. The first-order chi connectivity index (χ1) is 20.9. The van der Waals surface area contributed by atoms with Gasteiger partial charge in [-0.05, 0) is 95.7 Å². The number of phenolic OH excluding ortho intramolecular Hbond substituents is 1. The van der Waals surface area contributed by atoms with Crippen LogP contribution < -0.4 is 15.5 Å². The molecule has 1 aromatic heterocycles. The fourth-order valence-corrected chi connectivity index (χ4v) is 6.01. The molecule has 0 radical (unpaired) electrons. The van der Waals surface area contributed by atoms with Gasteiger partial charge in [-0.1, -0.05) is 6.07 Å². The Balaban J connectivity index is 1.30. The van der Waals surface area contributed by atoms with E-state index in [1.165, 1.54) is 11.3 Å². The lowest BCUT2D eigenvalue weighted by molar-refractivity contribution is -0.0113. The number of amides is 2. The maximum absolute atomic E-state index is 13.5. The third kappa shape index (κ3) is 7.74.